The molecule has 17 heavy (non-hydrogen) atoms. The smallest absolute Gasteiger partial charge is 0.154 e. The van der Waals surface area contributed by atoms with Crippen molar-refractivity contribution in [1.82, 2.24) is 0 Å². The van der Waals surface area contributed by atoms with E-state index < -0.39 is 15.7 Å². The van der Waals surface area contributed by atoms with Gasteiger partial charge in [0, 0.05) is 12.1 Å². The van der Waals surface area contributed by atoms with Crippen LogP contribution >= 0.6 is 0 Å². The van der Waals surface area contributed by atoms with Crippen LogP contribution in [0.5, 0.6) is 0 Å². The van der Waals surface area contributed by atoms with Crippen molar-refractivity contribution >= 4 is 9.84 Å². The Labute approximate surface area is 102 Å². The van der Waals surface area contributed by atoms with Crippen molar-refractivity contribution in [2.45, 2.75) is 26.1 Å². The first-order valence-corrected chi connectivity index (χ1v) is 7.34. The van der Waals surface area contributed by atoms with Crippen molar-refractivity contribution in [3.8, 4) is 0 Å². The summed E-state index contributed by atoms with van der Waals surface area (Å²) in [6.45, 7) is 3.92. The van der Waals surface area contributed by atoms with Gasteiger partial charge in [-0.1, -0.05) is 26.0 Å². The molecular weight excluding hydrogens is 241 g/mol. The van der Waals surface area contributed by atoms with Crippen LogP contribution in [0.3, 0.4) is 0 Å². The van der Waals surface area contributed by atoms with Crippen LogP contribution in [0, 0.1) is 11.7 Å². The summed E-state index contributed by atoms with van der Waals surface area (Å²) >= 11 is 0. The van der Waals surface area contributed by atoms with Gasteiger partial charge in [-0.2, -0.15) is 0 Å². The molecule has 0 aromatic heterocycles. The molecule has 0 aliphatic heterocycles. The summed E-state index contributed by atoms with van der Waals surface area (Å²) in [4.78, 5) is 0. The maximum absolute atomic E-state index is 13.5. The quantitative estimate of drug-likeness (QED) is 0.878. The highest BCUT2D eigenvalue weighted by molar-refractivity contribution is 7.90. The highest BCUT2D eigenvalue weighted by Gasteiger charge is 2.16. The van der Waals surface area contributed by atoms with E-state index in [1.807, 2.05) is 13.8 Å². The monoisotopic (exact) mass is 259 g/mol. The Morgan fingerprint density at radius 3 is 2.53 bits per heavy atom. The third-order valence-corrected chi connectivity index (χ3v) is 4.23. The maximum atomic E-state index is 13.5. The number of nitrogens with two attached hydrogens (primary N) is 1. The highest BCUT2D eigenvalue weighted by atomic mass is 32.2. The first-order valence-electron chi connectivity index (χ1n) is 5.52. The SMILES string of the molecule is CC(C)CS(=O)(=O)Cc1cc(CN)ccc1F. The van der Waals surface area contributed by atoms with Crippen molar-refractivity contribution in [2.24, 2.45) is 11.7 Å². The van der Waals surface area contributed by atoms with E-state index in [1.54, 1.807) is 6.07 Å². The molecule has 3 nitrogen and oxygen atoms in total. The topological polar surface area (TPSA) is 60.2 Å². The summed E-state index contributed by atoms with van der Waals surface area (Å²) in [7, 11) is -3.26. The molecule has 0 fully saturated rings. The molecule has 0 saturated carbocycles. The Kier molecular flexibility index (Phi) is 4.65. The number of halogens is 1. The molecule has 2 N–H and O–H groups in total. The number of rotatable bonds is 5. The number of benzene rings is 1. The summed E-state index contributed by atoms with van der Waals surface area (Å²) in [5, 5.41) is 0. The van der Waals surface area contributed by atoms with Gasteiger partial charge in [0.05, 0.1) is 11.5 Å². The van der Waals surface area contributed by atoms with Crippen molar-refractivity contribution < 1.29 is 12.8 Å². The molecule has 0 atom stereocenters. The second-order valence-corrected chi connectivity index (χ2v) is 6.69. The molecule has 0 unspecified atom stereocenters. The summed E-state index contributed by atoms with van der Waals surface area (Å²) < 4.78 is 37.0. The number of sulfone groups is 1. The molecule has 0 radical (unpaired) electrons. The van der Waals surface area contributed by atoms with Gasteiger partial charge in [0.2, 0.25) is 0 Å². The van der Waals surface area contributed by atoms with Gasteiger partial charge in [-0.05, 0) is 17.5 Å². The molecule has 1 aromatic carbocycles. The lowest BCUT2D eigenvalue weighted by Gasteiger charge is -2.09. The minimum Gasteiger partial charge on any atom is -0.326 e. The second kappa shape index (κ2) is 5.60. The van der Waals surface area contributed by atoms with Gasteiger partial charge in [0.15, 0.2) is 9.84 Å². The first kappa shape index (κ1) is 14.1. The Bertz CT molecular complexity index is 483. The molecule has 0 heterocycles. The van der Waals surface area contributed by atoms with Gasteiger partial charge in [0.25, 0.3) is 0 Å². The fourth-order valence-corrected chi connectivity index (χ4v) is 3.50. The third kappa shape index (κ3) is 4.44. The first-order chi connectivity index (χ1) is 7.84. The maximum Gasteiger partial charge on any atom is 0.154 e. The van der Waals surface area contributed by atoms with Crippen molar-refractivity contribution in [3.05, 3.63) is 35.1 Å². The average molecular weight is 259 g/mol. The van der Waals surface area contributed by atoms with E-state index in [0.29, 0.717) is 0 Å². The predicted molar refractivity (Wildman–Crippen MR) is 66.6 cm³/mol. The predicted octanol–water partition coefficient (Wildman–Crippen LogP) is 1.86. The lowest BCUT2D eigenvalue weighted by molar-refractivity contribution is 0.575. The van der Waals surface area contributed by atoms with E-state index in [4.69, 9.17) is 5.73 Å². The summed E-state index contributed by atoms with van der Waals surface area (Å²) in [5.41, 5.74) is 6.38. The Morgan fingerprint density at radius 2 is 2.00 bits per heavy atom. The zero-order valence-electron chi connectivity index (χ0n) is 10.1. The molecule has 0 aliphatic rings. The summed E-state index contributed by atoms with van der Waals surface area (Å²) in [5.74, 6) is -0.639. The normalized spacial score (nSPS) is 12.1. The van der Waals surface area contributed by atoms with Crippen LogP contribution in [-0.2, 0) is 22.1 Å². The van der Waals surface area contributed by atoms with E-state index in [0.717, 1.165) is 5.56 Å². The van der Waals surface area contributed by atoms with Crippen molar-refractivity contribution in [3.63, 3.8) is 0 Å². The van der Waals surface area contributed by atoms with Crippen LogP contribution in [-0.4, -0.2) is 14.2 Å². The molecule has 5 heteroatoms. The van der Waals surface area contributed by atoms with E-state index in [1.165, 1.54) is 12.1 Å². The highest BCUT2D eigenvalue weighted by Crippen LogP contribution is 2.15. The molecule has 0 bridgehead atoms. The molecule has 0 saturated heterocycles. The molecule has 1 aromatic rings. The van der Waals surface area contributed by atoms with Gasteiger partial charge in [0.1, 0.15) is 5.82 Å². The summed E-state index contributed by atoms with van der Waals surface area (Å²) in [6, 6.07) is 4.35. The Hall–Kier alpha value is -0.940. The van der Waals surface area contributed by atoms with Crippen molar-refractivity contribution in [2.75, 3.05) is 5.75 Å². The molecule has 0 aliphatic carbocycles. The number of hydrogen-bond acceptors (Lipinski definition) is 3. The van der Waals surface area contributed by atoms with Crippen LogP contribution in [0.25, 0.3) is 0 Å². The second-order valence-electron chi connectivity index (χ2n) is 4.58. The van der Waals surface area contributed by atoms with Gasteiger partial charge >= 0.3 is 0 Å². The molecule has 96 valence electrons. The van der Waals surface area contributed by atoms with Crippen LogP contribution < -0.4 is 5.73 Å². The van der Waals surface area contributed by atoms with Gasteiger partial charge in [-0.3, -0.25) is 0 Å². The average Bonchev–Trinajstić information content (AvgIpc) is 2.19. The lowest BCUT2D eigenvalue weighted by atomic mass is 10.1. The van der Waals surface area contributed by atoms with Gasteiger partial charge in [-0.15, -0.1) is 0 Å². The largest absolute Gasteiger partial charge is 0.326 e. The van der Waals surface area contributed by atoms with Gasteiger partial charge in [-0.25, -0.2) is 12.8 Å². The minimum absolute atomic E-state index is 0.0424. The third-order valence-electron chi connectivity index (χ3n) is 2.31. The van der Waals surface area contributed by atoms with Crippen molar-refractivity contribution in [1.29, 1.82) is 0 Å². The zero-order valence-corrected chi connectivity index (χ0v) is 10.9. The molecule has 0 spiro atoms. The fraction of sp³-hybridized carbons (Fsp3) is 0.500. The Morgan fingerprint density at radius 1 is 1.35 bits per heavy atom. The molecular formula is C12H18FNO2S. The van der Waals surface area contributed by atoms with E-state index in [2.05, 4.69) is 0 Å². The van der Waals surface area contributed by atoms with E-state index in [-0.39, 0.29) is 29.5 Å². The van der Waals surface area contributed by atoms with E-state index in [9.17, 15) is 12.8 Å². The summed E-state index contributed by atoms with van der Waals surface area (Å²) in [6.07, 6.45) is 0. The Balaban J connectivity index is 2.94. The van der Waals surface area contributed by atoms with Crippen LogP contribution in [0.1, 0.15) is 25.0 Å². The molecule has 1 rings (SSSR count). The van der Waals surface area contributed by atoms with Gasteiger partial charge < -0.3 is 5.73 Å². The fourth-order valence-electron chi connectivity index (χ4n) is 1.67. The minimum atomic E-state index is -3.26. The van der Waals surface area contributed by atoms with Crippen LogP contribution in [0.2, 0.25) is 0 Å². The standard InChI is InChI=1S/C12H18FNO2S/c1-9(2)7-17(15,16)8-11-5-10(6-14)3-4-12(11)13/h3-5,9H,6-8,14H2,1-2H3. The zero-order chi connectivity index (χ0) is 13.1. The van der Waals surface area contributed by atoms with E-state index >= 15 is 0 Å². The van der Waals surface area contributed by atoms with Crippen LogP contribution in [0.15, 0.2) is 18.2 Å². The molecule has 0 amide bonds. The number of hydrogen-bond donors (Lipinski definition) is 1. The lowest BCUT2D eigenvalue weighted by Crippen LogP contribution is -2.15. The van der Waals surface area contributed by atoms with Crippen LogP contribution in [0.4, 0.5) is 4.39 Å².